The van der Waals surface area contributed by atoms with Crippen molar-refractivity contribution in [3.63, 3.8) is 0 Å². The van der Waals surface area contributed by atoms with Crippen molar-refractivity contribution in [3.05, 3.63) is 29.0 Å². The standard InChI is InChI=1S/C5H4BrIN.HI/c6-5-3-1-2-4-8(5)7;/h1-4H;1H/q+1;/p-1. The Bertz CT molecular complexity index is 171. The second kappa shape index (κ2) is 4.84. The summed E-state index contributed by atoms with van der Waals surface area (Å²) in [5, 5.41) is 0. The van der Waals surface area contributed by atoms with Crippen LogP contribution in [-0.4, -0.2) is 0 Å². The highest BCUT2D eigenvalue weighted by molar-refractivity contribution is 14.1. The second-order valence-electron chi connectivity index (χ2n) is 1.33. The van der Waals surface area contributed by atoms with Crippen LogP contribution in [0.3, 0.4) is 0 Å². The minimum Gasteiger partial charge on any atom is -1.00 e. The fourth-order valence-electron chi connectivity index (χ4n) is 0.403. The van der Waals surface area contributed by atoms with Gasteiger partial charge in [-0.3, -0.25) is 0 Å². The summed E-state index contributed by atoms with van der Waals surface area (Å²) in [6.45, 7) is 0. The molecule has 0 amide bonds. The number of nitrogens with zero attached hydrogens (tertiary/aromatic N) is 1. The van der Waals surface area contributed by atoms with Gasteiger partial charge in [0.15, 0.2) is 6.20 Å². The van der Waals surface area contributed by atoms with E-state index in [9.17, 15) is 0 Å². The molecule has 50 valence electrons. The Balaban J connectivity index is 0.000000640. The van der Waals surface area contributed by atoms with Gasteiger partial charge in [0.1, 0.15) is 0 Å². The molecule has 0 saturated carbocycles. The number of hydrogen-bond donors (Lipinski definition) is 0. The summed E-state index contributed by atoms with van der Waals surface area (Å²) in [4.78, 5) is 0. The van der Waals surface area contributed by atoms with E-state index < -0.39 is 0 Å². The second-order valence-corrected chi connectivity index (χ2v) is 3.19. The van der Waals surface area contributed by atoms with Crippen LogP contribution in [0.1, 0.15) is 0 Å². The molecule has 0 bridgehead atoms. The van der Waals surface area contributed by atoms with Crippen molar-refractivity contribution < 1.29 is 26.8 Å². The molecular formula is C5H4BrI2N. The zero-order valence-electron chi connectivity index (χ0n) is 4.39. The van der Waals surface area contributed by atoms with E-state index in [1.54, 1.807) is 0 Å². The van der Waals surface area contributed by atoms with E-state index in [1.807, 2.05) is 27.2 Å². The van der Waals surface area contributed by atoms with E-state index in [2.05, 4.69) is 38.8 Å². The van der Waals surface area contributed by atoms with Crippen LogP contribution in [0.15, 0.2) is 29.0 Å². The monoisotopic (exact) mass is 411 g/mol. The van der Waals surface area contributed by atoms with E-state index >= 15 is 0 Å². The maximum Gasteiger partial charge on any atom is 0.354 e. The molecule has 0 saturated heterocycles. The maximum absolute atomic E-state index is 3.35. The Kier molecular flexibility index (Phi) is 5.42. The number of rotatable bonds is 0. The summed E-state index contributed by atoms with van der Waals surface area (Å²) < 4.78 is 3.05. The fraction of sp³-hybridized carbons (Fsp3) is 0. The topological polar surface area (TPSA) is 3.88 Å². The molecule has 4 heteroatoms. The zero-order chi connectivity index (χ0) is 5.98. The molecule has 0 aliphatic heterocycles. The van der Waals surface area contributed by atoms with Gasteiger partial charge in [-0.2, -0.15) is 0 Å². The van der Waals surface area contributed by atoms with Gasteiger partial charge in [-0.1, -0.05) is 0 Å². The van der Waals surface area contributed by atoms with E-state index in [0.29, 0.717) is 0 Å². The lowest BCUT2D eigenvalue weighted by Gasteiger charge is -1.81. The van der Waals surface area contributed by atoms with Crippen molar-refractivity contribution in [2.45, 2.75) is 0 Å². The number of pyridine rings is 1. The highest BCUT2D eigenvalue weighted by Gasteiger charge is 1.97. The van der Waals surface area contributed by atoms with E-state index in [0.717, 1.165) is 4.60 Å². The largest absolute Gasteiger partial charge is 1.00 e. The van der Waals surface area contributed by atoms with Crippen LogP contribution in [0.2, 0.25) is 0 Å². The smallest absolute Gasteiger partial charge is 0.354 e. The molecule has 0 spiro atoms. The van der Waals surface area contributed by atoms with Crippen molar-refractivity contribution >= 4 is 38.8 Å². The lowest BCUT2D eigenvalue weighted by atomic mass is 10.5. The molecule has 0 aliphatic rings. The molecule has 9 heavy (non-hydrogen) atoms. The summed E-state index contributed by atoms with van der Waals surface area (Å²) >= 11 is 5.54. The highest BCUT2D eigenvalue weighted by Crippen LogP contribution is 2.01. The molecule has 0 atom stereocenters. The Morgan fingerprint density at radius 1 is 1.44 bits per heavy atom. The molecule has 1 aromatic heterocycles. The normalized spacial score (nSPS) is 8.22. The first kappa shape index (κ1) is 10.1. The van der Waals surface area contributed by atoms with Crippen molar-refractivity contribution in [2.75, 3.05) is 0 Å². The molecule has 0 aliphatic carbocycles. The summed E-state index contributed by atoms with van der Waals surface area (Å²) in [6.07, 6.45) is 1.98. The average Bonchev–Trinajstić information content (AvgIpc) is 1.77. The Hall–Kier alpha value is 1.09. The van der Waals surface area contributed by atoms with Gasteiger partial charge in [0, 0.05) is 28.1 Å². The fourth-order valence-corrected chi connectivity index (χ4v) is 1.02. The predicted octanol–water partition coefficient (Wildman–Crippen LogP) is -1.06. The summed E-state index contributed by atoms with van der Waals surface area (Å²) in [7, 11) is 0. The minimum absolute atomic E-state index is 0. The van der Waals surface area contributed by atoms with E-state index in [4.69, 9.17) is 0 Å². The number of halogens is 3. The maximum atomic E-state index is 3.35. The van der Waals surface area contributed by atoms with Crippen LogP contribution < -0.4 is 26.8 Å². The van der Waals surface area contributed by atoms with Crippen LogP contribution in [-0.2, 0) is 0 Å². The van der Waals surface area contributed by atoms with Crippen molar-refractivity contribution in [1.29, 1.82) is 0 Å². The molecular weight excluding hydrogens is 408 g/mol. The summed E-state index contributed by atoms with van der Waals surface area (Å²) in [5.41, 5.74) is 0. The van der Waals surface area contributed by atoms with Crippen LogP contribution in [0.25, 0.3) is 0 Å². The molecule has 0 radical (unpaired) electrons. The molecule has 1 heterocycles. The van der Waals surface area contributed by atoms with Crippen molar-refractivity contribution in [2.24, 2.45) is 0 Å². The van der Waals surface area contributed by atoms with E-state index in [1.165, 1.54) is 0 Å². The molecule has 0 N–H and O–H groups in total. The third kappa shape index (κ3) is 3.13. The minimum atomic E-state index is 0. The van der Waals surface area contributed by atoms with Crippen LogP contribution in [0.4, 0.5) is 0 Å². The Morgan fingerprint density at radius 2 is 2.11 bits per heavy atom. The number of aromatic nitrogens is 1. The molecule has 0 unspecified atom stereocenters. The van der Waals surface area contributed by atoms with Gasteiger partial charge in [-0.05, 0) is 6.07 Å². The van der Waals surface area contributed by atoms with Gasteiger partial charge in [0.2, 0.25) is 0 Å². The first-order chi connectivity index (χ1) is 3.80. The van der Waals surface area contributed by atoms with Crippen LogP contribution in [0.5, 0.6) is 0 Å². The SMILES string of the molecule is Brc1cccc[n+]1I.[I-]. The third-order valence-corrected chi connectivity index (χ3v) is 2.92. The first-order valence-corrected chi connectivity index (χ1v) is 3.89. The molecule has 1 rings (SSSR count). The Labute approximate surface area is 93.5 Å². The summed E-state index contributed by atoms with van der Waals surface area (Å²) in [5.74, 6) is 0. The van der Waals surface area contributed by atoms with Gasteiger partial charge in [-0.25, -0.2) is 0 Å². The third-order valence-electron chi connectivity index (χ3n) is 0.766. The lowest BCUT2D eigenvalue weighted by molar-refractivity contribution is -0.453. The van der Waals surface area contributed by atoms with Gasteiger partial charge in [-0.15, -0.1) is 2.78 Å². The van der Waals surface area contributed by atoms with Gasteiger partial charge in [0.25, 0.3) is 4.60 Å². The quantitative estimate of drug-likeness (QED) is 0.378. The predicted molar refractivity (Wildman–Crippen MR) is 43.8 cm³/mol. The van der Waals surface area contributed by atoms with E-state index in [-0.39, 0.29) is 24.0 Å². The molecule has 0 aromatic carbocycles. The van der Waals surface area contributed by atoms with Crippen molar-refractivity contribution in [1.82, 2.24) is 0 Å². The Morgan fingerprint density at radius 3 is 2.44 bits per heavy atom. The van der Waals surface area contributed by atoms with Gasteiger partial charge in [0.05, 0.1) is 0 Å². The van der Waals surface area contributed by atoms with Crippen molar-refractivity contribution in [3.8, 4) is 0 Å². The summed E-state index contributed by atoms with van der Waals surface area (Å²) in [6, 6.07) is 5.96. The number of hydrogen-bond acceptors (Lipinski definition) is 0. The molecule has 1 aromatic rings. The zero-order valence-corrected chi connectivity index (χ0v) is 10.3. The average molecular weight is 412 g/mol. The van der Waals surface area contributed by atoms with Gasteiger partial charge < -0.3 is 24.0 Å². The van der Waals surface area contributed by atoms with Crippen LogP contribution >= 0.6 is 38.8 Å². The first-order valence-electron chi connectivity index (χ1n) is 2.13. The highest BCUT2D eigenvalue weighted by atomic mass is 127. The molecule has 0 fully saturated rings. The van der Waals surface area contributed by atoms with Crippen LogP contribution in [0, 0.1) is 0 Å². The lowest BCUT2D eigenvalue weighted by Crippen LogP contribution is -3.00. The van der Waals surface area contributed by atoms with Gasteiger partial charge >= 0.3 is 22.9 Å². The molecule has 1 nitrogen and oxygen atoms in total.